The van der Waals surface area contributed by atoms with E-state index in [0.29, 0.717) is 18.9 Å². The summed E-state index contributed by atoms with van der Waals surface area (Å²) in [6, 6.07) is 6.59. The maximum Gasteiger partial charge on any atom is 0.424 e. The molecule has 2 unspecified atom stereocenters. The fourth-order valence-electron chi connectivity index (χ4n) is 1.98. The van der Waals surface area contributed by atoms with Gasteiger partial charge in [-0.1, -0.05) is 24.6 Å². The van der Waals surface area contributed by atoms with Gasteiger partial charge >= 0.3 is 6.11 Å². The third kappa shape index (κ3) is 3.19. The molecule has 1 aliphatic rings. The molecule has 2 rings (SSSR count). The number of hydrogen-bond donors (Lipinski definition) is 0. The second kappa shape index (κ2) is 5.22. The van der Waals surface area contributed by atoms with E-state index in [-0.39, 0.29) is 5.75 Å². The highest BCUT2D eigenvalue weighted by atomic mass is 19.3. The molecule has 1 aliphatic heterocycles. The molecule has 0 aromatic heterocycles. The maximum atomic E-state index is 13.9. The van der Waals surface area contributed by atoms with Gasteiger partial charge in [-0.25, -0.2) is 0 Å². The van der Waals surface area contributed by atoms with Crippen LogP contribution >= 0.6 is 0 Å². The summed E-state index contributed by atoms with van der Waals surface area (Å²) in [6.45, 7) is 4.26. The smallest absolute Gasteiger partial charge is 0.424 e. The van der Waals surface area contributed by atoms with Crippen molar-refractivity contribution in [3.8, 4) is 5.75 Å². The Kier molecular flexibility index (Phi) is 3.85. The molecular formula is C14H18F2O2. The van der Waals surface area contributed by atoms with E-state index >= 15 is 0 Å². The number of benzene rings is 1. The molecule has 0 spiro atoms. The van der Waals surface area contributed by atoms with Crippen molar-refractivity contribution >= 4 is 0 Å². The lowest BCUT2D eigenvalue weighted by Crippen LogP contribution is -2.44. The van der Waals surface area contributed by atoms with Crippen LogP contribution in [0.15, 0.2) is 24.3 Å². The van der Waals surface area contributed by atoms with Gasteiger partial charge in [-0.2, -0.15) is 8.78 Å². The first-order chi connectivity index (χ1) is 8.47. The molecule has 2 atom stereocenters. The summed E-state index contributed by atoms with van der Waals surface area (Å²) >= 11 is 0. The Labute approximate surface area is 106 Å². The van der Waals surface area contributed by atoms with E-state index in [1.54, 1.807) is 24.3 Å². The first-order valence-electron chi connectivity index (χ1n) is 6.22. The maximum absolute atomic E-state index is 13.9. The Morgan fingerprint density at radius 2 is 1.89 bits per heavy atom. The van der Waals surface area contributed by atoms with Crippen molar-refractivity contribution in [2.45, 2.75) is 38.9 Å². The molecule has 1 fully saturated rings. The van der Waals surface area contributed by atoms with E-state index in [4.69, 9.17) is 9.47 Å². The molecule has 0 aliphatic carbocycles. The molecule has 4 heteroatoms. The van der Waals surface area contributed by atoms with Crippen molar-refractivity contribution < 1.29 is 18.3 Å². The lowest BCUT2D eigenvalue weighted by molar-refractivity contribution is -0.264. The predicted molar refractivity (Wildman–Crippen MR) is 64.9 cm³/mol. The van der Waals surface area contributed by atoms with Gasteiger partial charge < -0.3 is 9.47 Å². The third-order valence-electron chi connectivity index (χ3n) is 3.15. The molecule has 1 heterocycles. The summed E-state index contributed by atoms with van der Waals surface area (Å²) in [7, 11) is 0. The second-order valence-corrected chi connectivity index (χ2v) is 4.98. The zero-order valence-electron chi connectivity index (χ0n) is 10.7. The number of hydrogen-bond acceptors (Lipinski definition) is 2. The third-order valence-corrected chi connectivity index (χ3v) is 3.15. The predicted octanol–water partition coefficient (Wildman–Crippen LogP) is 3.78. The van der Waals surface area contributed by atoms with Crippen LogP contribution in [0.5, 0.6) is 5.75 Å². The van der Waals surface area contributed by atoms with Crippen LogP contribution in [-0.2, 0) is 4.74 Å². The van der Waals surface area contributed by atoms with Crippen LogP contribution < -0.4 is 4.74 Å². The van der Waals surface area contributed by atoms with Crippen molar-refractivity contribution in [2.75, 3.05) is 6.61 Å². The Morgan fingerprint density at radius 3 is 2.44 bits per heavy atom. The van der Waals surface area contributed by atoms with E-state index in [0.717, 1.165) is 12.0 Å². The first kappa shape index (κ1) is 13.3. The molecule has 100 valence electrons. The fraction of sp³-hybridized carbons (Fsp3) is 0.571. The molecular weight excluding hydrogens is 238 g/mol. The lowest BCUT2D eigenvalue weighted by Gasteiger charge is -2.32. The van der Waals surface area contributed by atoms with E-state index in [2.05, 4.69) is 0 Å². The van der Waals surface area contributed by atoms with Gasteiger partial charge in [0.25, 0.3) is 0 Å². The highest BCUT2D eigenvalue weighted by molar-refractivity contribution is 5.26. The average Bonchev–Trinajstić information content (AvgIpc) is 2.32. The van der Waals surface area contributed by atoms with Gasteiger partial charge in [0.1, 0.15) is 5.75 Å². The normalized spacial score (nSPS) is 24.9. The molecule has 1 aromatic rings. The number of rotatable bonds is 3. The minimum Gasteiger partial charge on any atom is -0.431 e. The zero-order valence-corrected chi connectivity index (χ0v) is 10.7. The van der Waals surface area contributed by atoms with Crippen LogP contribution in [0.2, 0.25) is 0 Å². The van der Waals surface area contributed by atoms with Crippen LogP contribution in [0.3, 0.4) is 0 Å². The molecule has 0 bridgehead atoms. The monoisotopic (exact) mass is 256 g/mol. The average molecular weight is 256 g/mol. The van der Waals surface area contributed by atoms with Gasteiger partial charge in [0.2, 0.25) is 0 Å². The first-order valence-corrected chi connectivity index (χ1v) is 6.22. The van der Waals surface area contributed by atoms with Crippen molar-refractivity contribution in [1.29, 1.82) is 0 Å². The molecule has 18 heavy (non-hydrogen) atoms. The van der Waals surface area contributed by atoms with Gasteiger partial charge in [0, 0.05) is 0 Å². The SMILES string of the molecule is Cc1ccc(OC(F)(F)C2CCC(C)CO2)cc1. The highest BCUT2D eigenvalue weighted by Gasteiger charge is 2.45. The zero-order chi connectivity index (χ0) is 13.2. The van der Waals surface area contributed by atoms with Crippen LogP contribution in [0.4, 0.5) is 8.78 Å². The molecule has 0 N–H and O–H groups in total. The quantitative estimate of drug-likeness (QED) is 0.819. The summed E-state index contributed by atoms with van der Waals surface area (Å²) in [5, 5.41) is 0. The topological polar surface area (TPSA) is 18.5 Å². The molecule has 0 amide bonds. The number of alkyl halides is 2. The highest BCUT2D eigenvalue weighted by Crippen LogP contribution is 2.32. The lowest BCUT2D eigenvalue weighted by atomic mass is 10.00. The molecule has 1 saturated heterocycles. The Balaban J connectivity index is 2.00. The van der Waals surface area contributed by atoms with Crippen molar-refractivity contribution in [3.05, 3.63) is 29.8 Å². The van der Waals surface area contributed by atoms with Crippen molar-refractivity contribution in [2.24, 2.45) is 5.92 Å². The van der Waals surface area contributed by atoms with Gasteiger partial charge in [0.05, 0.1) is 6.61 Å². The minimum absolute atomic E-state index is 0.174. The summed E-state index contributed by atoms with van der Waals surface area (Å²) in [6.07, 6.45) is -3.33. The number of aryl methyl sites for hydroxylation is 1. The van der Waals surface area contributed by atoms with E-state index < -0.39 is 12.2 Å². The van der Waals surface area contributed by atoms with Gasteiger partial charge in [0.15, 0.2) is 6.10 Å². The molecule has 0 radical (unpaired) electrons. The Hall–Kier alpha value is -1.16. The molecule has 1 aromatic carbocycles. The van der Waals surface area contributed by atoms with E-state index in [1.165, 1.54) is 0 Å². The van der Waals surface area contributed by atoms with Crippen LogP contribution in [0.25, 0.3) is 0 Å². The van der Waals surface area contributed by atoms with Gasteiger partial charge in [-0.05, 0) is 37.8 Å². The van der Waals surface area contributed by atoms with Crippen LogP contribution in [0, 0.1) is 12.8 Å². The van der Waals surface area contributed by atoms with Crippen LogP contribution in [-0.4, -0.2) is 18.8 Å². The number of halogens is 2. The summed E-state index contributed by atoms with van der Waals surface area (Å²) < 4.78 is 37.7. The van der Waals surface area contributed by atoms with Gasteiger partial charge in [-0.15, -0.1) is 0 Å². The minimum atomic E-state index is -3.27. The van der Waals surface area contributed by atoms with Crippen LogP contribution in [0.1, 0.15) is 25.3 Å². The standard InChI is InChI=1S/C14H18F2O2/c1-10-3-6-12(7-4-10)18-14(15,16)13-8-5-11(2)9-17-13/h3-4,6-7,11,13H,5,8-9H2,1-2H3. The largest absolute Gasteiger partial charge is 0.431 e. The Morgan fingerprint density at radius 1 is 1.22 bits per heavy atom. The Bertz CT molecular complexity index is 381. The fourth-order valence-corrected chi connectivity index (χ4v) is 1.98. The summed E-state index contributed by atoms with van der Waals surface area (Å²) in [4.78, 5) is 0. The van der Waals surface area contributed by atoms with E-state index in [9.17, 15) is 8.78 Å². The van der Waals surface area contributed by atoms with Crippen molar-refractivity contribution in [3.63, 3.8) is 0 Å². The van der Waals surface area contributed by atoms with Gasteiger partial charge in [-0.3, -0.25) is 0 Å². The van der Waals surface area contributed by atoms with E-state index in [1.807, 2.05) is 13.8 Å². The van der Waals surface area contributed by atoms with Crippen molar-refractivity contribution in [1.82, 2.24) is 0 Å². The second-order valence-electron chi connectivity index (χ2n) is 4.98. The summed E-state index contributed by atoms with van der Waals surface area (Å²) in [5.41, 5.74) is 1.01. The molecule has 2 nitrogen and oxygen atoms in total. The molecule has 0 saturated carbocycles. The number of ether oxygens (including phenoxy) is 2. The summed E-state index contributed by atoms with van der Waals surface area (Å²) in [5.74, 6) is 0.518.